The molecule has 1 aromatic rings. The number of aromatic nitrogens is 1. The van der Waals surface area contributed by atoms with Crippen LogP contribution in [0.5, 0.6) is 5.88 Å². The van der Waals surface area contributed by atoms with E-state index < -0.39 is 29.9 Å². The summed E-state index contributed by atoms with van der Waals surface area (Å²) in [5.74, 6) is -1.06. The molecule has 0 N–H and O–H groups in total. The van der Waals surface area contributed by atoms with E-state index >= 15 is 0 Å². The highest BCUT2D eigenvalue weighted by Crippen LogP contribution is 2.31. The number of pyridine rings is 1. The molecule has 0 aromatic carbocycles. The van der Waals surface area contributed by atoms with Crippen molar-refractivity contribution in [2.45, 2.75) is 12.8 Å². The van der Waals surface area contributed by atoms with Gasteiger partial charge < -0.3 is 4.74 Å². The van der Waals surface area contributed by atoms with Crippen LogP contribution in [0.1, 0.15) is 22.5 Å². The molecule has 1 aromatic heterocycles. The first-order valence-corrected chi connectivity index (χ1v) is 4.73. The van der Waals surface area contributed by atoms with Gasteiger partial charge in [-0.05, 0) is 15.9 Å². The maximum atomic E-state index is 12.4. The molecule has 0 saturated heterocycles. The number of carbonyl (C=O) groups excluding carboxylic acids is 1. The zero-order chi connectivity index (χ0) is 13.2. The number of nitrogens with zero attached hydrogens (tertiary/aromatic N) is 1. The lowest BCUT2D eigenvalue weighted by Crippen LogP contribution is -2.18. The lowest BCUT2D eigenvalue weighted by Gasteiger charge is -2.11. The minimum Gasteiger partial charge on any atom is -0.388 e. The van der Waals surface area contributed by atoms with E-state index in [2.05, 4.69) is 25.7 Å². The fraction of sp³-hybridized carbons (Fsp3) is 0.250. The van der Waals surface area contributed by atoms with Crippen LogP contribution in [0.3, 0.4) is 0 Å². The van der Waals surface area contributed by atoms with Crippen molar-refractivity contribution < 1.29 is 31.5 Å². The topological polar surface area (TPSA) is 39.2 Å². The van der Waals surface area contributed by atoms with Gasteiger partial charge in [-0.25, -0.2) is 13.8 Å². The van der Waals surface area contributed by atoms with Crippen LogP contribution in [-0.2, 0) is 0 Å². The van der Waals surface area contributed by atoms with Crippen LogP contribution in [0.2, 0.25) is 0 Å². The van der Waals surface area contributed by atoms with Crippen LogP contribution < -0.4 is 4.74 Å². The summed E-state index contributed by atoms with van der Waals surface area (Å²) in [6.07, 6.45) is -8.17. The molecule has 1 rings (SSSR count). The van der Waals surface area contributed by atoms with Crippen LogP contribution in [0, 0.1) is 0 Å². The van der Waals surface area contributed by atoms with Crippen molar-refractivity contribution in [2.75, 3.05) is 0 Å². The highest BCUT2D eigenvalue weighted by atomic mass is 79.9. The number of hydrogen-bond donors (Lipinski definition) is 0. The van der Waals surface area contributed by atoms with Crippen LogP contribution in [-0.4, -0.2) is 17.6 Å². The fourth-order valence-electron chi connectivity index (χ4n) is 0.974. The maximum absolute atomic E-state index is 12.4. The van der Waals surface area contributed by atoms with E-state index in [1.54, 1.807) is 0 Å². The molecule has 0 fully saturated rings. The molecule has 94 valence electrons. The highest BCUT2D eigenvalue weighted by molar-refractivity contribution is 9.10. The van der Waals surface area contributed by atoms with Crippen LogP contribution >= 0.6 is 15.9 Å². The zero-order valence-electron chi connectivity index (χ0n) is 7.76. The van der Waals surface area contributed by atoms with Gasteiger partial charge in [0.15, 0.2) is 6.29 Å². The third-order valence-corrected chi connectivity index (χ3v) is 2.22. The Morgan fingerprint density at radius 3 is 2.41 bits per heavy atom. The van der Waals surface area contributed by atoms with E-state index in [-0.39, 0.29) is 10.8 Å². The molecule has 0 saturated carbocycles. The standard InChI is InChI=1S/C8H3BrF5NO2/c9-4-1-5(17-8(12,13)14)15-6(7(10)11)3(4)2-16/h1-2,7H. The Kier molecular flexibility index (Phi) is 4.02. The van der Waals surface area contributed by atoms with E-state index in [0.717, 1.165) is 0 Å². The Bertz CT molecular complexity index is 435. The van der Waals surface area contributed by atoms with E-state index in [9.17, 15) is 26.7 Å². The molecule has 3 nitrogen and oxygen atoms in total. The summed E-state index contributed by atoms with van der Waals surface area (Å²) in [4.78, 5) is 13.4. The zero-order valence-corrected chi connectivity index (χ0v) is 9.35. The van der Waals surface area contributed by atoms with E-state index in [0.29, 0.717) is 6.07 Å². The second-order valence-corrected chi connectivity index (χ2v) is 3.56. The minimum atomic E-state index is -5.05. The third-order valence-electron chi connectivity index (χ3n) is 1.56. The molecule has 9 heteroatoms. The quantitative estimate of drug-likeness (QED) is 0.632. The molecule has 0 aliphatic rings. The van der Waals surface area contributed by atoms with E-state index in [1.807, 2.05) is 0 Å². The van der Waals surface area contributed by atoms with Crippen LogP contribution in [0.15, 0.2) is 10.5 Å². The molecule has 17 heavy (non-hydrogen) atoms. The normalized spacial score (nSPS) is 11.7. The van der Waals surface area contributed by atoms with E-state index in [4.69, 9.17) is 0 Å². The Labute approximate surface area is 99.7 Å². The van der Waals surface area contributed by atoms with Gasteiger partial charge in [0.05, 0.1) is 5.56 Å². The number of hydrogen-bond acceptors (Lipinski definition) is 3. The Morgan fingerprint density at radius 2 is 2.00 bits per heavy atom. The number of ether oxygens (including phenoxy) is 1. The van der Waals surface area contributed by atoms with Crippen molar-refractivity contribution in [2.24, 2.45) is 0 Å². The van der Waals surface area contributed by atoms with Crippen LogP contribution in [0.4, 0.5) is 22.0 Å². The molecular formula is C8H3BrF5NO2. The van der Waals surface area contributed by atoms with Crippen molar-refractivity contribution in [1.29, 1.82) is 0 Å². The van der Waals surface area contributed by atoms with Crippen LogP contribution in [0.25, 0.3) is 0 Å². The average Bonchev–Trinajstić information content (AvgIpc) is 2.13. The van der Waals surface area contributed by atoms with Crippen molar-refractivity contribution in [3.63, 3.8) is 0 Å². The van der Waals surface area contributed by atoms with Gasteiger partial charge in [0, 0.05) is 10.5 Å². The fourth-order valence-corrected chi connectivity index (χ4v) is 1.47. The number of carbonyl (C=O) groups is 1. The first-order chi connectivity index (χ1) is 7.74. The van der Waals surface area contributed by atoms with E-state index in [1.165, 1.54) is 0 Å². The molecule has 0 spiro atoms. The summed E-state index contributed by atoms with van der Waals surface area (Å²) in [6.45, 7) is 0. The SMILES string of the molecule is O=Cc1c(Br)cc(OC(F)(F)F)nc1C(F)F. The number of alkyl halides is 5. The molecule has 0 radical (unpaired) electrons. The smallest absolute Gasteiger partial charge is 0.388 e. The molecule has 0 atom stereocenters. The van der Waals surface area contributed by atoms with Gasteiger partial charge >= 0.3 is 6.36 Å². The summed E-state index contributed by atoms with van der Waals surface area (Å²) in [5.41, 5.74) is -1.59. The van der Waals surface area contributed by atoms with Gasteiger partial charge in [-0.2, -0.15) is 0 Å². The maximum Gasteiger partial charge on any atom is 0.574 e. The number of halogens is 6. The lowest BCUT2D eigenvalue weighted by atomic mass is 10.2. The molecule has 0 aliphatic heterocycles. The number of aldehydes is 1. The predicted octanol–water partition coefficient (Wildman–Crippen LogP) is 3.49. The summed E-state index contributed by atoms with van der Waals surface area (Å²) >= 11 is 2.68. The predicted molar refractivity (Wildman–Crippen MR) is 49.0 cm³/mol. The van der Waals surface area contributed by atoms with Gasteiger partial charge in [0.25, 0.3) is 6.43 Å². The molecular weight excluding hydrogens is 317 g/mol. The molecule has 0 amide bonds. The van der Waals surface area contributed by atoms with Gasteiger partial charge in [-0.15, -0.1) is 13.2 Å². The molecule has 0 aliphatic carbocycles. The monoisotopic (exact) mass is 319 g/mol. The summed E-state index contributed by atoms with van der Waals surface area (Å²) in [5, 5.41) is 0. The minimum absolute atomic E-state index is 0.0654. The lowest BCUT2D eigenvalue weighted by molar-refractivity contribution is -0.276. The molecule has 1 heterocycles. The summed E-state index contributed by atoms with van der Waals surface area (Å²) in [6, 6.07) is 0.684. The van der Waals surface area contributed by atoms with Crippen molar-refractivity contribution >= 4 is 22.2 Å². The molecule has 0 unspecified atom stereocenters. The summed E-state index contributed by atoms with van der Waals surface area (Å²) < 4.78 is 63.5. The average molecular weight is 320 g/mol. The first-order valence-electron chi connectivity index (χ1n) is 3.94. The molecule has 0 bridgehead atoms. The van der Waals surface area contributed by atoms with Crippen molar-refractivity contribution in [3.05, 3.63) is 21.8 Å². The van der Waals surface area contributed by atoms with Gasteiger partial charge in [0.1, 0.15) is 5.69 Å². The van der Waals surface area contributed by atoms with Gasteiger partial charge in [0.2, 0.25) is 5.88 Å². The second kappa shape index (κ2) is 4.94. The Balaban J connectivity index is 3.24. The highest BCUT2D eigenvalue weighted by Gasteiger charge is 2.33. The number of rotatable bonds is 3. The Hall–Kier alpha value is -1.25. The van der Waals surface area contributed by atoms with Crippen molar-refractivity contribution in [3.8, 4) is 5.88 Å². The van der Waals surface area contributed by atoms with Crippen molar-refractivity contribution in [1.82, 2.24) is 4.98 Å². The summed E-state index contributed by atoms with van der Waals surface area (Å²) in [7, 11) is 0. The van der Waals surface area contributed by atoms with Gasteiger partial charge in [-0.1, -0.05) is 0 Å². The first kappa shape index (κ1) is 13.8. The second-order valence-electron chi connectivity index (χ2n) is 2.71. The Morgan fingerprint density at radius 1 is 1.41 bits per heavy atom. The third kappa shape index (κ3) is 3.62. The van der Waals surface area contributed by atoms with Gasteiger partial charge in [-0.3, -0.25) is 4.79 Å². The largest absolute Gasteiger partial charge is 0.574 e.